The van der Waals surface area contributed by atoms with E-state index >= 15 is 0 Å². The van der Waals surface area contributed by atoms with Gasteiger partial charge in [-0.2, -0.15) is 0 Å². The van der Waals surface area contributed by atoms with Crippen molar-refractivity contribution in [1.82, 2.24) is 9.55 Å². The van der Waals surface area contributed by atoms with Crippen LogP contribution in [-0.2, 0) is 6.54 Å². The predicted molar refractivity (Wildman–Crippen MR) is 102 cm³/mol. The second-order valence-electron chi connectivity index (χ2n) is 6.54. The van der Waals surface area contributed by atoms with Crippen LogP contribution in [0.2, 0.25) is 0 Å². The molecule has 2 heterocycles. The first-order chi connectivity index (χ1) is 12.6. The van der Waals surface area contributed by atoms with Crippen LogP contribution in [0.3, 0.4) is 0 Å². The van der Waals surface area contributed by atoms with Gasteiger partial charge in [-0.1, -0.05) is 6.07 Å². The molecule has 1 aliphatic carbocycles. The van der Waals surface area contributed by atoms with Crippen molar-refractivity contribution in [2.24, 2.45) is 5.92 Å². The number of rotatable bonds is 5. The minimum absolute atomic E-state index is 0.0598. The molecule has 7 heteroatoms. The number of thiophene rings is 1. The highest BCUT2D eigenvalue weighted by Crippen LogP contribution is 2.31. The lowest BCUT2D eigenvalue weighted by Gasteiger charge is -2.07. The zero-order valence-corrected chi connectivity index (χ0v) is 15.4. The third-order valence-corrected chi connectivity index (χ3v) is 5.63. The monoisotopic (exact) mass is 369 g/mol. The van der Waals surface area contributed by atoms with E-state index in [1.54, 1.807) is 30.1 Å². The minimum Gasteiger partial charge on any atom is -0.497 e. The Morgan fingerprint density at radius 2 is 2.23 bits per heavy atom. The Morgan fingerprint density at radius 1 is 1.42 bits per heavy atom. The van der Waals surface area contributed by atoms with Gasteiger partial charge in [0.25, 0.3) is 11.5 Å². The SMILES string of the molecule is COc1cccc(NC(=O)c2c(C)sc3c(=O)n(CC4CC4)cnc23)c1. The van der Waals surface area contributed by atoms with Gasteiger partial charge in [-0.3, -0.25) is 14.2 Å². The third-order valence-electron chi connectivity index (χ3n) is 4.55. The van der Waals surface area contributed by atoms with Gasteiger partial charge in [0.1, 0.15) is 16.0 Å². The van der Waals surface area contributed by atoms with Gasteiger partial charge in [0, 0.05) is 23.2 Å². The summed E-state index contributed by atoms with van der Waals surface area (Å²) in [7, 11) is 1.58. The number of hydrogen-bond donors (Lipinski definition) is 1. The number of carbonyl (C=O) groups excluding carboxylic acids is 1. The Kier molecular flexibility index (Phi) is 4.24. The number of benzene rings is 1. The van der Waals surface area contributed by atoms with E-state index in [1.165, 1.54) is 24.2 Å². The molecule has 0 saturated heterocycles. The maximum Gasteiger partial charge on any atom is 0.271 e. The van der Waals surface area contributed by atoms with E-state index in [0.29, 0.717) is 39.7 Å². The average molecular weight is 369 g/mol. The highest BCUT2D eigenvalue weighted by atomic mass is 32.1. The first-order valence-electron chi connectivity index (χ1n) is 8.50. The molecular formula is C19H19N3O3S. The van der Waals surface area contributed by atoms with Crippen LogP contribution in [0.15, 0.2) is 35.4 Å². The molecule has 0 spiro atoms. The Morgan fingerprint density at radius 3 is 2.96 bits per heavy atom. The third kappa shape index (κ3) is 3.10. The molecule has 1 fully saturated rings. The highest BCUT2D eigenvalue weighted by molar-refractivity contribution is 7.19. The molecule has 134 valence electrons. The van der Waals surface area contributed by atoms with Gasteiger partial charge in [-0.05, 0) is 37.8 Å². The number of ether oxygens (including phenoxy) is 1. The summed E-state index contributed by atoms with van der Waals surface area (Å²) in [6.45, 7) is 2.56. The summed E-state index contributed by atoms with van der Waals surface area (Å²) in [6, 6.07) is 7.16. The van der Waals surface area contributed by atoms with Gasteiger partial charge in [-0.15, -0.1) is 11.3 Å². The number of anilines is 1. The van der Waals surface area contributed by atoms with Gasteiger partial charge in [0.2, 0.25) is 0 Å². The number of amides is 1. The molecule has 1 aromatic carbocycles. The smallest absolute Gasteiger partial charge is 0.271 e. The van der Waals surface area contributed by atoms with Crippen molar-refractivity contribution in [3.63, 3.8) is 0 Å². The lowest BCUT2D eigenvalue weighted by Crippen LogP contribution is -2.21. The van der Waals surface area contributed by atoms with Crippen molar-refractivity contribution in [2.45, 2.75) is 26.3 Å². The molecule has 0 aliphatic heterocycles. The zero-order chi connectivity index (χ0) is 18.3. The molecule has 1 aliphatic rings. The lowest BCUT2D eigenvalue weighted by atomic mass is 10.2. The molecule has 6 nitrogen and oxygen atoms in total. The maximum atomic E-state index is 12.8. The summed E-state index contributed by atoms with van der Waals surface area (Å²) in [5.74, 6) is 0.980. The molecule has 0 atom stereocenters. The van der Waals surface area contributed by atoms with E-state index in [9.17, 15) is 9.59 Å². The van der Waals surface area contributed by atoms with Crippen LogP contribution < -0.4 is 15.6 Å². The molecule has 1 amide bonds. The summed E-state index contributed by atoms with van der Waals surface area (Å²) in [5, 5.41) is 2.87. The molecule has 3 aromatic rings. The fourth-order valence-corrected chi connectivity index (χ4v) is 4.04. The van der Waals surface area contributed by atoms with Crippen molar-refractivity contribution < 1.29 is 9.53 Å². The summed E-state index contributed by atoms with van der Waals surface area (Å²) < 4.78 is 7.39. The number of aromatic nitrogens is 2. The Labute approximate surface area is 154 Å². The van der Waals surface area contributed by atoms with E-state index in [0.717, 1.165) is 4.88 Å². The first-order valence-corrected chi connectivity index (χ1v) is 9.32. The quantitative estimate of drug-likeness (QED) is 0.748. The molecule has 4 rings (SSSR count). The van der Waals surface area contributed by atoms with Crippen molar-refractivity contribution in [3.05, 3.63) is 51.4 Å². The molecule has 0 radical (unpaired) electrons. The van der Waals surface area contributed by atoms with Crippen LogP contribution in [0.5, 0.6) is 5.75 Å². The van der Waals surface area contributed by atoms with E-state index in [2.05, 4.69) is 10.3 Å². The van der Waals surface area contributed by atoms with Gasteiger partial charge >= 0.3 is 0 Å². The summed E-state index contributed by atoms with van der Waals surface area (Å²) in [5.41, 5.74) is 1.51. The maximum absolute atomic E-state index is 12.8. The first kappa shape index (κ1) is 16.8. The van der Waals surface area contributed by atoms with Crippen LogP contribution in [-0.4, -0.2) is 22.6 Å². The fraction of sp³-hybridized carbons (Fsp3) is 0.316. The van der Waals surface area contributed by atoms with Crippen LogP contribution in [0.1, 0.15) is 28.1 Å². The van der Waals surface area contributed by atoms with Gasteiger partial charge in [0.05, 0.1) is 19.0 Å². The number of hydrogen-bond acceptors (Lipinski definition) is 5. The molecule has 26 heavy (non-hydrogen) atoms. The standard InChI is InChI=1S/C19H19N3O3S/c1-11-15(18(23)21-13-4-3-5-14(8-13)25-2)16-17(26-11)19(24)22(10-20-16)9-12-6-7-12/h3-5,8,10,12H,6-7,9H2,1-2H3,(H,21,23). The summed E-state index contributed by atoms with van der Waals surface area (Å²) in [4.78, 5) is 30.7. The van der Waals surface area contributed by atoms with Crippen LogP contribution >= 0.6 is 11.3 Å². The second kappa shape index (κ2) is 6.57. The molecule has 0 unspecified atom stereocenters. The van der Waals surface area contributed by atoms with E-state index in [4.69, 9.17) is 4.74 Å². The van der Waals surface area contributed by atoms with Gasteiger partial charge in [0.15, 0.2) is 0 Å². The summed E-state index contributed by atoms with van der Waals surface area (Å²) >= 11 is 1.33. The Balaban J connectivity index is 1.69. The van der Waals surface area contributed by atoms with Crippen LogP contribution in [0.25, 0.3) is 10.2 Å². The number of nitrogens with one attached hydrogen (secondary N) is 1. The van der Waals surface area contributed by atoms with E-state index in [1.807, 2.05) is 19.1 Å². The van der Waals surface area contributed by atoms with Crippen molar-refractivity contribution >= 4 is 33.1 Å². The second-order valence-corrected chi connectivity index (χ2v) is 7.77. The Bertz CT molecular complexity index is 1050. The number of methoxy groups -OCH3 is 1. The van der Waals surface area contributed by atoms with Crippen molar-refractivity contribution in [2.75, 3.05) is 12.4 Å². The molecular weight excluding hydrogens is 350 g/mol. The zero-order valence-electron chi connectivity index (χ0n) is 14.6. The fourth-order valence-electron chi connectivity index (χ4n) is 2.98. The lowest BCUT2D eigenvalue weighted by molar-refractivity contribution is 0.102. The molecule has 2 aromatic heterocycles. The number of nitrogens with zero attached hydrogens (tertiary/aromatic N) is 2. The normalized spacial score (nSPS) is 13.8. The number of carbonyl (C=O) groups is 1. The van der Waals surface area contributed by atoms with Gasteiger partial charge < -0.3 is 10.1 Å². The van der Waals surface area contributed by atoms with Crippen molar-refractivity contribution in [3.8, 4) is 5.75 Å². The van der Waals surface area contributed by atoms with Gasteiger partial charge in [-0.25, -0.2) is 4.98 Å². The minimum atomic E-state index is -0.270. The van der Waals surface area contributed by atoms with E-state index < -0.39 is 0 Å². The summed E-state index contributed by atoms with van der Waals surface area (Å²) in [6.07, 6.45) is 3.90. The number of fused-ring (bicyclic) bond motifs is 1. The highest BCUT2D eigenvalue weighted by Gasteiger charge is 2.24. The van der Waals surface area contributed by atoms with E-state index in [-0.39, 0.29) is 11.5 Å². The molecule has 1 N–H and O–H groups in total. The molecule has 0 bridgehead atoms. The van der Waals surface area contributed by atoms with Crippen LogP contribution in [0, 0.1) is 12.8 Å². The predicted octanol–water partition coefficient (Wildman–Crippen LogP) is 3.44. The number of aryl methyl sites for hydroxylation is 1. The Hall–Kier alpha value is -2.67. The topological polar surface area (TPSA) is 73.2 Å². The van der Waals surface area contributed by atoms with Crippen molar-refractivity contribution in [1.29, 1.82) is 0 Å². The largest absolute Gasteiger partial charge is 0.497 e. The average Bonchev–Trinajstić information content (AvgIpc) is 3.38. The van der Waals surface area contributed by atoms with Crippen LogP contribution in [0.4, 0.5) is 5.69 Å². The molecule has 1 saturated carbocycles.